The number of para-hydroxylation sites is 1. The first-order chi connectivity index (χ1) is 15.7. The van der Waals surface area contributed by atoms with Crippen LogP contribution in [0.3, 0.4) is 0 Å². The first-order valence-electron chi connectivity index (χ1n) is 10.5. The topological polar surface area (TPSA) is 75.1 Å². The summed E-state index contributed by atoms with van der Waals surface area (Å²) >= 11 is 6.77. The normalized spacial score (nSPS) is 14.6. The fourth-order valence-corrected chi connectivity index (χ4v) is 4.41. The van der Waals surface area contributed by atoms with Gasteiger partial charge in [-0.2, -0.15) is 0 Å². The number of anilines is 1. The molecule has 0 N–H and O–H groups in total. The summed E-state index contributed by atoms with van der Waals surface area (Å²) in [5.74, 6) is 0.883. The number of allylic oxidation sites excluding steroid dienone is 1. The van der Waals surface area contributed by atoms with Crippen LogP contribution in [-0.2, 0) is 4.79 Å². The Morgan fingerprint density at radius 1 is 1.03 bits per heavy atom. The molecular formula is C24H21ClN6O. The molecule has 0 saturated carbocycles. The van der Waals surface area contributed by atoms with Gasteiger partial charge in [0.1, 0.15) is 18.5 Å². The van der Waals surface area contributed by atoms with Crippen molar-refractivity contribution >= 4 is 45.1 Å². The van der Waals surface area contributed by atoms with Crippen LogP contribution in [0.5, 0.6) is 0 Å². The second-order valence-electron chi connectivity index (χ2n) is 7.62. The van der Waals surface area contributed by atoms with E-state index in [0.717, 1.165) is 38.8 Å². The quantitative estimate of drug-likeness (QED) is 0.442. The number of hydrogen-bond donors (Lipinski definition) is 0. The van der Waals surface area contributed by atoms with Crippen LogP contribution < -0.4 is 4.90 Å². The first-order valence-corrected chi connectivity index (χ1v) is 10.8. The van der Waals surface area contributed by atoms with E-state index < -0.39 is 0 Å². The summed E-state index contributed by atoms with van der Waals surface area (Å²) in [6, 6.07) is 9.88. The first kappa shape index (κ1) is 20.3. The van der Waals surface area contributed by atoms with Gasteiger partial charge in [0.2, 0.25) is 5.91 Å². The van der Waals surface area contributed by atoms with Gasteiger partial charge in [0.05, 0.1) is 11.0 Å². The summed E-state index contributed by atoms with van der Waals surface area (Å²) < 4.78 is 0. The van der Waals surface area contributed by atoms with E-state index >= 15 is 0 Å². The number of amides is 1. The van der Waals surface area contributed by atoms with E-state index in [1.54, 1.807) is 31.0 Å². The van der Waals surface area contributed by atoms with Gasteiger partial charge in [-0.15, -0.1) is 0 Å². The van der Waals surface area contributed by atoms with Crippen molar-refractivity contribution in [1.29, 1.82) is 0 Å². The largest absolute Gasteiger partial charge is 0.352 e. The molecule has 1 aliphatic rings. The number of hydrogen-bond acceptors (Lipinski definition) is 6. The van der Waals surface area contributed by atoms with Crippen LogP contribution in [0.4, 0.5) is 5.82 Å². The van der Waals surface area contributed by atoms with E-state index in [-0.39, 0.29) is 5.91 Å². The molecule has 0 radical (unpaired) electrons. The maximum Gasteiger partial charge on any atom is 0.246 e. The maximum atomic E-state index is 12.1. The summed E-state index contributed by atoms with van der Waals surface area (Å²) in [4.78, 5) is 33.8. The van der Waals surface area contributed by atoms with Crippen LogP contribution in [0.15, 0.2) is 61.3 Å². The van der Waals surface area contributed by atoms with Crippen molar-refractivity contribution in [1.82, 2.24) is 24.8 Å². The molecule has 0 unspecified atom stereocenters. The van der Waals surface area contributed by atoms with Crippen molar-refractivity contribution in [2.24, 2.45) is 0 Å². The summed E-state index contributed by atoms with van der Waals surface area (Å²) in [6.45, 7) is 4.56. The Morgan fingerprint density at radius 2 is 1.88 bits per heavy atom. The van der Waals surface area contributed by atoms with E-state index in [0.29, 0.717) is 31.2 Å². The Hall–Kier alpha value is -3.58. The molecule has 32 heavy (non-hydrogen) atoms. The van der Waals surface area contributed by atoms with Gasteiger partial charge in [-0.05, 0) is 25.1 Å². The van der Waals surface area contributed by atoms with E-state index in [1.807, 2.05) is 42.2 Å². The minimum Gasteiger partial charge on any atom is -0.352 e. The number of piperazine rings is 1. The summed E-state index contributed by atoms with van der Waals surface area (Å²) in [6.07, 6.45) is 8.30. The van der Waals surface area contributed by atoms with Crippen molar-refractivity contribution in [3.63, 3.8) is 0 Å². The molecule has 2 aromatic heterocycles. The SMILES string of the molecule is C/C=C/C(=O)N1CCN(c2ncnc3cc(-c4cccc5cncnc45)c(Cl)cc23)CC1. The minimum absolute atomic E-state index is 0.0475. The monoisotopic (exact) mass is 444 g/mol. The van der Waals surface area contributed by atoms with E-state index in [4.69, 9.17) is 11.6 Å². The highest BCUT2D eigenvalue weighted by Crippen LogP contribution is 2.37. The predicted octanol–water partition coefficient (Wildman–Crippen LogP) is 4.12. The van der Waals surface area contributed by atoms with Crippen LogP contribution >= 0.6 is 11.6 Å². The van der Waals surface area contributed by atoms with Gasteiger partial charge in [0, 0.05) is 59.3 Å². The van der Waals surface area contributed by atoms with E-state index in [2.05, 4.69) is 24.8 Å². The highest BCUT2D eigenvalue weighted by atomic mass is 35.5. The lowest BCUT2D eigenvalue weighted by atomic mass is 10.0. The van der Waals surface area contributed by atoms with E-state index in [1.165, 1.54) is 0 Å². The molecule has 4 aromatic rings. The molecule has 8 heteroatoms. The lowest BCUT2D eigenvalue weighted by molar-refractivity contribution is -0.126. The second-order valence-corrected chi connectivity index (χ2v) is 8.03. The minimum atomic E-state index is 0.0475. The van der Waals surface area contributed by atoms with Crippen LogP contribution in [0.25, 0.3) is 32.9 Å². The molecule has 0 bridgehead atoms. The average Bonchev–Trinajstić information content (AvgIpc) is 2.83. The van der Waals surface area contributed by atoms with Gasteiger partial charge in [0.15, 0.2) is 0 Å². The zero-order valence-electron chi connectivity index (χ0n) is 17.6. The molecule has 5 rings (SSSR count). The Labute approximate surface area is 190 Å². The van der Waals surface area contributed by atoms with Crippen molar-refractivity contribution in [3.8, 4) is 11.1 Å². The molecule has 160 valence electrons. The van der Waals surface area contributed by atoms with Gasteiger partial charge in [0.25, 0.3) is 0 Å². The van der Waals surface area contributed by atoms with Crippen molar-refractivity contribution in [2.45, 2.75) is 6.92 Å². The molecular weight excluding hydrogens is 424 g/mol. The predicted molar refractivity (Wildman–Crippen MR) is 127 cm³/mol. The zero-order chi connectivity index (χ0) is 22.1. The molecule has 1 amide bonds. The third kappa shape index (κ3) is 3.65. The number of halogens is 1. The second kappa shape index (κ2) is 8.51. The highest BCUT2D eigenvalue weighted by Gasteiger charge is 2.22. The molecule has 1 aliphatic heterocycles. The summed E-state index contributed by atoms with van der Waals surface area (Å²) in [5, 5.41) is 2.46. The molecule has 3 heterocycles. The van der Waals surface area contributed by atoms with Crippen LogP contribution in [0.2, 0.25) is 5.02 Å². The standard InChI is InChI=1S/C24H21ClN6O/c1-2-4-22(32)30-7-9-31(10-8-30)24-19-11-20(25)18(12-21(19)27-15-29-24)17-6-3-5-16-13-26-14-28-23(16)17/h2-6,11-15H,7-10H2,1H3/b4-2+. The third-order valence-corrected chi connectivity index (χ3v) is 6.04. The van der Waals surface area contributed by atoms with Crippen molar-refractivity contribution in [2.75, 3.05) is 31.1 Å². The van der Waals surface area contributed by atoms with Crippen LogP contribution in [-0.4, -0.2) is 56.9 Å². The molecule has 0 aliphatic carbocycles. The number of carbonyl (C=O) groups is 1. The van der Waals surface area contributed by atoms with Gasteiger partial charge < -0.3 is 9.80 Å². The number of rotatable bonds is 3. The Morgan fingerprint density at radius 3 is 2.69 bits per heavy atom. The Bertz CT molecular complexity index is 1340. The Kier molecular flexibility index (Phi) is 5.41. The molecule has 7 nitrogen and oxygen atoms in total. The molecule has 1 fully saturated rings. The van der Waals surface area contributed by atoms with Gasteiger partial charge >= 0.3 is 0 Å². The van der Waals surface area contributed by atoms with Crippen molar-refractivity contribution < 1.29 is 4.79 Å². The molecule has 0 atom stereocenters. The number of aromatic nitrogens is 4. The summed E-state index contributed by atoms with van der Waals surface area (Å²) in [5.41, 5.74) is 3.47. The summed E-state index contributed by atoms with van der Waals surface area (Å²) in [7, 11) is 0. The number of fused-ring (bicyclic) bond motifs is 2. The molecule has 0 spiro atoms. The van der Waals surface area contributed by atoms with E-state index in [9.17, 15) is 4.79 Å². The Balaban J connectivity index is 1.51. The lowest BCUT2D eigenvalue weighted by Gasteiger charge is -2.35. The number of carbonyl (C=O) groups excluding carboxylic acids is 1. The fourth-order valence-electron chi connectivity index (χ4n) is 4.14. The number of nitrogens with zero attached hydrogens (tertiary/aromatic N) is 6. The smallest absolute Gasteiger partial charge is 0.246 e. The van der Waals surface area contributed by atoms with Crippen molar-refractivity contribution in [3.05, 3.63) is 66.4 Å². The van der Waals surface area contributed by atoms with Crippen LogP contribution in [0.1, 0.15) is 6.92 Å². The highest BCUT2D eigenvalue weighted by molar-refractivity contribution is 6.34. The molecule has 1 saturated heterocycles. The average molecular weight is 445 g/mol. The lowest BCUT2D eigenvalue weighted by Crippen LogP contribution is -2.48. The zero-order valence-corrected chi connectivity index (χ0v) is 18.3. The third-order valence-electron chi connectivity index (χ3n) is 5.73. The molecule has 2 aromatic carbocycles. The maximum absolute atomic E-state index is 12.1. The fraction of sp³-hybridized carbons (Fsp3) is 0.208. The van der Waals surface area contributed by atoms with Gasteiger partial charge in [-0.1, -0.05) is 35.9 Å². The number of benzene rings is 2. The van der Waals surface area contributed by atoms with Gasteiger partial charge in [-0.25, -0.2) is 19.9 Å². The van der Waals surface area contributed by atoms with Gasteiger partial charge in [-0.3, -0.25) is 4.79 Å². The van der Waals surface area contributed by atoms with Crippen LogP contribution in [0, 0.1) is 0 Å².